The molecule has 22 heavy (non-hydrogen) atoms. The van der Waals surface area contributed by atoms with Crippen molar-refractivity contribution >= 4 is 22.8 Å². The van der Waals surface area contributed by atoms with E-state index in [-0.39, 0.29) is 24.3 Å². The van der Waals surface area contributed by atoms with Crippen LogP contribution < -0.4 is 10.1 Å². The fourth-order valence-corrected chi connectivity index (χ4v) is 2.72. The molecule has 0 spiro atoms. The molecule has 6 heteroatoms. The van der Waals surface area contributed by atoms with Gasteiger partial charge in [-0.3, -0.25) is 9.59 Å². The van der Waals surface area contributed by atoms with E-state index in [0.29, 0.717) is 24.2 Å². The molecule has 0 saturated heterocycles. The minimum absolute atomic E-state index is 0.0353. The number of nitrogens with one attached hydrogen (secondary N) is 1. The van der Waals surface area contributed by atoms with Gasteiger partial charge in [-0.2, -0.15) is 0 Å². The normalized spacial score (nSPS) is 20.4. The van der Waals surface area contributed by atoms with E-state index >= 15 is 0 Å². The summed E-state index contributed by atoms with van der Waals surface area (Å²) in [6.45, 7) is 0. The van der Waals surface area contributed by atoms with Crippen molar-refractivity contribution in [2.75, 3.05) is 7.11 Å². The van der Waals surface area contributed by atoms with Gasteiger partial charge in [-0.25, -0.2) is 0 Å². The number of carboxylic acid groups (broad SMARTS) is 1. The Morgan fingerprint density at radius 2 is 2.18 bits per heavy atom. The zero-order valence-corrected chi connectivity index (χ0v) is 12.2. The predicted molar refractivity (Wildman–Crippen MR) is 78.8 cm³/mol. The zero-order chi connectivity index (χ0) is 15.7. The molecule has 2 aromatic rings. The summed E-state index contributed by atoms with van der Waals surface area (Å²) in [5.41, 5.74) is 1.49. The van der Waals surface area contributed by atoms with Gasteiger partial charge in [-0.05, 0) is 25.0 Å². The fraction of sp³-hybridized carbons (Fsp3) is 0.375. The summed E-state index contributed by atoms with van der Waals surface area (Å²) in [6.07, 6.45) is 2.80. The van der Waals surface area contributed by atoms with Crippen molar-refractivity contribution < 1.29 is 23.8 Å². The lowest BCUT2D eigenvalue weighted by molar-refractivity contribution is -0.146. The number of hydrogen-bond acceptors (Lipinski definition) is 4. The van der Waals surface area contributed by atoms with Gasteiger partial charge in [0.05, 0.1) is 25.7 Å². The topological polar surface area (TPSA) is 88.8 Å². The molecule has 0 radical (unpaired) electrons. The summed E-state index contributed by atoms with van der Waals surface area (Å²) in [4.78, 5) is 22.8. The molecule has 3 rings (SSSR count). The molecule has 1 fully saturated rings. The number of hydrogen-bond donors (Lipinski definition) is 2. The number of rotatable bonds is 5. The van der Waals surface area contributed by atoms with Crippen LogP contribution in [0.15, 0.2) is 28.9 Å². The molecule has 1 aliphatic rings. The summed E-state index contributed by atoms with van der Waals surface area (Å²) >= 11 is 0. The highest BCUT2D eigenvalue weighted by Gasteiger charge is 2.35. The molecule has 116 valence electrons. The van der Waals surface area contributed by atoms with E-state index in [1.54, 1.807) is 19.4 Å². The number of carboxylic acids is 1. The summed E-state index contributed by atoms with van der Waals surface area (Å²) in [5.74, 6) is -0.535. The van der Waals surface area contributed by atoms with E-state index in [9.17, 15) is 9.59 Å². The number of carbonyl (C=O) groups excluding carboxylic acids is 1. The average Bonchev–Trinajstić information content (AvgIpc) is 2.84. The molecular weight excluding hydrogens is 286 g/mol. The highest BCUT2D eigenvalue weighted by atomic mass is 16.5. The number of ether oxygens (including phenoxy) is 1. The van der Waals surface area contributed by atoms with Crippen LogP contribution in [-0.4, -0.2) is 30.1 Å². The molecule has 0 aliphatic heterocycles. The van der Waals surface area contributed by atoms with Crippen molar-refractivity contribution in [3.05, 3.63) is 30.0 Å². The predicted octanol–water partition coefficient (Wildman–Crippen LogP) is 1.96. The van der Waals surface area contributed by atoms with E-state index in [1.165, 1.54) is 0 Å². The third kappa shape index (κ3) is 2.77. The smallest absolute Gasteiger partial charge is 0.306 e. The number of carbonyl (C=O) groups is 2. The second-order valence-electron chi connectivity index (χ2n) is 5.57. The second kappa shape index (κ2) is 5.71. The number of aliphatic carboxylic acids is 1. The number of fused-ring (bicyclic) bond motifs is 1. The first-order chi connectivity index (χ1) is 10.6. The van der Waals surface area contributed by atoms with Crippen LogP contribution in [0.2, 0.25) is 0 Å². The first-order valence-electron chi connectivity index (χ1n) is 7.13. The van der Waals surface area contributed by atoms with E-state index in [2.05, 4.69) is 5.32 Å². The molecule has 0 unspecified atom stereocenters. The quantitative estimate of drug-likeness (QED) is 0.881. The van der Waals surface area contributed by atoms with Crippen molar-refractivity contribution in [3.8, 4) is 5.75 Å². The van der Waals surface area contributed by atoms with Gasteiger partial charge in [0.1, 0.15) is 11.3 Å². The lowest BCUT2D eigenvalue weighted by Gasteiger charge is -2.32. The van der Waals surface area contributed by atoms with Crippen LogP contribution in [-0.2, 0) is 16.0 Å². The standard InChI is InChI=1S/C16H17NO5/c1-21-12-2-3-13-10(8-22-14(13)7-12)6-15(18)17-11-4-9(5-11)16(19)20/h2-3,7-9,11H,4-6H2,1H3,(H,17,18)(H,19,20). The third-order valence-corrected chi connectivity index (χ3v) is 4.07. The van der Waals surface area contributed by atoms with Crippen molar-refractivity contribution in [3.63, 3.8) is 0 Å². The lowest BCUT2D eigenvalue weighted by Crippen LogP contribution is -2.47. The maximum Gasteiger partial charge on any atom is 0.306 e. The summed E-state index contributed by atoms with van der Waals surface area (Å²) in [6, 6.07) is 5.43. The minimum atomic E-state index is -0.791. The molecular formula is C16H17NO5. The summed E-state index contributed by atoms with van der Waals surface area (Å²) < 4.78 is 10.6. The van der Waals surface area contributed by atoms with Gasteiger partial charge >= 0.3 is 5.97 Å². The Kier molecular flexibility index (Phi) is 3.75. The van der Waals surface area contributed by atoms with Crippen molar-refractivity contribution in [2.24, 2.45) is 5.92 Å². The summed E-state index contributed by atoms with van der Waals surface area (Å²) in [7, 11) is 1.58. The van der Waals surface area contributed by atoms with E-state index in [4.69, 9.17) is 14.3 Å². The Balaban J connectivity index is 1.61. The Labute approximate surface area is 127 Å². The second-order valence-corrected chi connectivity index (χ2v) is 5.57. The van der Waals surface area contributed by atoms with Gasteiger partial charge in [0.25, 0.3) is 0 Å². The lowest BCUT2D eigenvalue weighted by atomic mass is 9.80. The molecule has 1 amide bonds. The highest BCUT2D eigenvalue weighted by molar-refractivity contribution is 5.88. The number of amides is 1. The van der Waals surface area contributed by atoms with Gasteiger partial charge < -0.3 is 19.6 Å². The monoisotopic (exact) mass is 303 g/mol. The maximum absolute atomic E-state index is 12.0. The first-order valence-corrected chi connectivity index (χ1v) is 7.13. The van der Waals surface area contributed by atoms with E-state index < -0.39 is 5.97 Å². The highest BCUT2D eigenvalue weighted by Crippen LogP contribution is 2.28. The van der Waals surface area contributed by atoms with Crippen LogP contribution >= 0.6 is 0 Å². The van der Waals surface area contributed by atoms with Crippen LogP contribution in [0.25, 0.3) is 11.0 Å². The van der Waals surface area contributed by atoms with E-state index in [0.717, 1.165) is 10.9 Å². The van der Waals surface area contributed by atoms with Gasteiger partial charge in [0.15, 0.2) is 0 Å². The SMILES string of the molecule is COc1ccc2c(CC(=O)NC3CC(C(=O)O)C3)coc2c1. The Hall–Kier alpha value is -2.50. The maximum atomic E-state index is 12.0. The average molecular weight is 303 g/mol. The molecule has 6 nitrogen and oxygen atoms in total. The molecule has 2 N–H and O–H groups in total. The Morgan fingerprint density at radius 3 is 2.86 bits per heavy atom. The molecule has 0 bridgehead atoms. The van der Waals surface area contributed by atoms with Crippen LogP contribution in [0.4, 0.5) is 0 Å². The van der Waals surface area contributed by atoms with Crippen molar-refractivity contribution in [1.29, 1.82) is 0 Å². The Morgan fingerprint density at radius 1 is 1.41 bits per heavy atom. The largest absolute Gasteiger partial charge is 0.497 e. The number of benzene rings is 1. The fourth-order valence-electron chi connectivity index (χ4n) is 2.72. The van der Waals surface area contributed by atoms with Gasteiger partial charge in [0.2, 0.25) is 5.91 Å². The first kappa shape index (κ1) is 14.4. The zero-order valence-electron chi connectivity index (χ0n) is 12.2. The number of methoxy groups -OCH3 is 1. The molecule has 1 aliphatic carbocycles. The molecule has 0 atom stereocenters. The molecule has 1 aromatic heterocycles. The molecule has 1 saturated carbocycles. The van der Waals surface area contributed by atoms with Gasteiger partial charge in [-0.15, -0.1) is 0 Å². The molecule has 1 heterocycles. The minimum Gasteiger partial charge on any atom is -0.497 e. The van der Waals surface area contributed by atoms with Crippen LogP contribution in [0.5, 0.6) is 5.75 Å². The van der Waals surface area contributed by atoms with Gasteiger partial charge in [0, 0.05) is 23.1 Å². The third-order valence-electron chi connectivity index (χ3n) is 4.07. The van der Waals surface area contributed by atoms with Gasteiger partial charge in [-0.1, -0.05) is 0 Å². The molecule has 1 aromatic carbocycles. The van der Waals surface area contributed by atoms with E-state index in [1.807, 2.05) is 12.1 Å². The van der Waals surface area contributed by atoms with Crippen molar-refractivity contribution in [1.82, 2.24) is 5.32 Å². The number of furan rings is 1. The summed E-state index contributed by atoms with van der Waals surface area (Å²) in [5, 5.41) is 12.6. The van der Waals surface area contributed by atoms with Crippen LogP contribution in [0, 0.1) is 5.92 Å². The van der Waals surface area contributed by atoms with Crippen molar-refractivity contribution in [2.45, 2.75) is 25.3 Å². The van der Waals surface area contributed by atoms with Crippen LogP contribution in [0.3, 0.4) is 0 Å². The Bertz CT molecular complexity index is 714. The van der Waals surface area contributed by atoms with Crippen LogP contribution in [0.1, 0.15) is 18.4 Å².